The average molecular weight is 170 g/mol. The molecule has 0 amide bonds. The molecule has 1 saturated carbocycles. The second kappa shape index (κ2) is 4.01. The monoisotopic (exact) mass is 170 g/mol. The lowest BCUT2D eigenvalue weighted by molar-refractivity contribution is -0.123. The summed E-state index contributed by atoms with van der Waals surface area (Å²) in [6.45, 7) is 4.49. The topological polar surface area (TPSA) is 55.1 Å². The maximum absolute atomic E-state index is 11.6. The van der Waals surface area contributed by atoms with Gasteiger partial charge in [-0.2, -0.15) is 0 Å². The van der Waals surface area contributed by atoms with E-state index in [1.807, 2.05) is 13.8 Å². The third-order valence-corrected chi connectivity index (χ3v) is 2.29. The quantitative estimate of drug-likeness (QED) is 0.591. The van der Waals surface area contributed by atoms with E-state index in [4.69, 9.17) is 5.73 Å². The summed E-state index contributed by atoms with van der Waals surface area (Å²) in [7, 11) is 0. The molecule has 1 rings (SSSR count). The number of ketones is 1. The number of carbonyl (C=O) groups excluding carboxylic acids is 1. The summed E-state index contributed by atoms with van der Waals surface area (Å²) < 4.78 is 0. The van der Waals surface area contributed by atoms with Crippen LogP contribution >= 0.6 is 0 Å². The minimum Gasteiger partial charge on any atom is -0.318 e. The Balaban J connectivity index is 2.45. The lowest BCUT2D eigenvalue weighted by Crippen LogP contribution is -2.44. The number of Topliss-reactive ketones (excluding diaryl/α,β-unsaturated/α-hetero) is 1. The largest absolute Gasteiger partial charge is 0.318 e. The molecule has 0 saturated heterocycles. The summed E-state index contributed by atoms with van der Waals surface area (Å²) in [5.41, 5.74) is 5.36. The molecule has 0 radical (unpaired) electrons. The van der Waals surface area contributed by atoms with E-state index in [1.165, 1.54) is 0 Å². The first-order valence-corrected chi connectivity index (χ1v) is 4.64. The number of nitrogens with one attached hydrogen (secondary N) is 1. The molecule has 3 nitrogen and oxygen atoms in total. The highest BCUT2D eigenvalue weighted by Crippen LogP contribution is 2.31. The smallest absolute Gasteiger partial charge is 0.153 e. The Morgan fingerprint density at radius 3 is 2.50 bits per heavy atom. The normalized spacial score (nSPS) is 19.7. The molecule has 1 aliphatic rings. The molecule has 0 spiro atoms. The molecule has 12 heavy (non-hydrogen) atoms. The van der Waals surface area contributed by atoms with Crippen molar-refractivity contribution in [1.82, 2.24) is 5.32 Å². The van der Waals surface area contributed by atoms with Crippen molar-refractivity contribution in [3.63, 3.8) is 0 Å². The summed E-state index contributed by atoms with van der Waals surface area (Å²) in [6.07, 6.45) is 2.16. The van der Waals surface area contributed by atoms with Gasteiger partial charge in [-0.1, -0.05) is 13.8 Å². The molecule has 0 aromatic carbocycles. The van der Waals surface area contributed by atoms with Crippen LogP contribution in [0.4, 0.5) is 0 Å². The van der Waals surface area contributed by atoms with Gasteiger partial charge in [-0.25, -0.2) is 0 Å². The third-order valence-electron chi connectivity index (χ3n) is 2.29. The maximum Gasteiger partial charge on any atom is 0.153 e. The van der Waals surface area contributed by atoms with Gasteiger partial charge in [-0.3, -0.25) is 10.1 Å². The van der Waals surface area contributed by atoms with E-state index in [0.717, 1.165) is 12.8 Å². The molecule has 70 valence electrons. The Morgan fingerprint density at radius 1 is 1.58 bits per heavy atom. The van der Waals surface area contributed by atoms with Crippen LogP contribution < -0.4 is 11.1 Å². The van der Waals surface area contributed by atoms with Crippen molar-refractivity contribution in [3.05, 3.63) is 0 Å². The fourth-order valence-corrected chi connectivity index (χ4v) is 1.41. The molecule has 1 aliphatic carbocycles. The fraction of sp³-hybridized carbons (Fsp3) is 0.889. The van der Waals surface area contributed by atoms with Crippen LogP contribution in [0.3, 0.4) is 0 Å². The van der Waals surface area contributed by atoms with Gasteiger partial charge in [-0.15, -0.1) is 0 Å². The van der Waals surface area contributed by atoms with Gasteiger partial charge in [-0.05, 0) is 18.8 Å². The highest BCUT2D eigenvalue weighted by atomic mass is 16.1. The average Bonchev–Trinajstić information content (AvgIpc) is 2.80. The lowest BCUT2D eigenvalue weighted by Gasteiger charge is -2.19. The van der Waals surface area contributed by atoms with E-state index in [0.29, 0.717) is 24.3 Å². The molecule has 0 heterocycles. The Morgan fingerprint density at radius 2 is 2.17 bits per heavy atom. The maximum atomic E-state index is 11.6. The van der Waals surface area contributed by atoms with Crippen LogP contribution in [0.25, 0.3) is 0 Å². The molecule has 0 bridgehead atoms. The zero-order valence-corrected chi connectivity index (χ0v) is 7.84. The molecular weight excluding hydrogens is 152 g/mol. The molecular formula is C9H18N2O. The zero-order valence-electron chi connectivity index (χ0n) is 7.84. The molecule has 0 aromatic heterocycles. The highest BCUT2D eigenvalue weighted by molar-refractivity contribution is 5.88. The van der Waals surface area contributed by atoms with Gasteiger partial charge in [0.25, 0.3) is 0 Å². The van der Waals surface area contributed by atoms with Crippen molar-refractivity contribution >= 4 is 5.78 Å². The summed E-state index contributed by atoms with van der Waals surface area (Å²) >= 11 is 0. The van der Waals surface area contributed by atoms with E-state index >= 15 is 0 Å². The van der Waals surface area contributed by atoms with Crippen molar-refractivity contribution in [2.45, 2.75) is 32.7 Å². The Hall–Kier alpha value is -0.410. The molecule has 3 N–H and O–H groups in total. The van der Waals surface area contributed by atoms with Gasteiger partial charge in [0.05, 0.1) is 6.04 Å². The van der Waals surface area contributed by atoms with Gasteiger partial charge < -0.3 is 5.73 Å². The Kier molecular flexibility index (Phi) is 3.23. The highest BCUT2D eigenvalue weighted by Gasteiger charge is 2.35. The van der Waals surface area contributed by atoms with E-state index in [1.54, 1.807) is 0 Å². The molecule has 1 atom stereocenters. The van der Waals surface area contributed by atoms with Crippen LogP contribution in [0.15, 0.2) is 0 Å². The second-order valence-corrected chi connectivity index (χ2v) is 3.81. The first kappa shape index (κ1) is 9.68. The van der Waals surface area contributed by atoms with Crippen molar-refractivity contribution in [2.75, 3.05) is 6.67 Å². The minimum absolute atomic E-state index is 0.0255. The SMILES string of the molecule is CC(C)[C@H](NCN)C(=O)C1CC1. The molecule has 3 heteroatoms. The van der Waals surface area contributed by atoms with E-state index < -0.39 is 0 Å². The second-order valence-electron chi connectivity index (χ2n) is 3.81. The Bertz CT molecular complexity index is 164. The number of hydrogen-bond acceptors (Lipinski definition) is 3. The van der Waals surface area contributed by atoms with Crippen molar-refractivity contribution in [2.24, 2.45) is 17.6 Å². The predicted molar refractivity (Wildman–Crippen MR) is 48.5 cm³/mol. The fourth-order valence-electron chi connectivity index (χ4n) is 1.41. The molecule has 0 unspecified atom stereocenters. The lowest BCUT2D eigenvalue weighted by atomic mass is 9.97. The Labute approximate surface area is 73.7 Å². The summed E-state index contributed by atoms with van der Waals surface area (Å²) in [5.74, 6) is 1.04. The predicted octanol–water partition coefficient (Wildman–Crippen LogP) is 0.496. The van der Waals surface area contributed by atoms with Crippen LogP contribution in [0.1, 0.15) is 26.7 Å². The number of carbonyl (C=O) groups is 1. The van der Waals surface area contributed by atoms with E-state index in [-0.39, 0.29) is 6.04 Å². The van der Waals surface area contributed by atoms with Gasteiger partial charge in [0, 0.05) is 12.6 Å². The molecule has 1 fully saturated rings. The van der Waals surface area contributed by atoms with Crippen molar-refractivity contribution in [3.8, 4) is 0 Å². The van der Waals surface area contributed by atoms with Crippen LogP contribution in [0, 0.1) is 11.8 Å². The summed E-state index contributed by atoms with van der Waals surface area (Å²) in [5, 5.41) is 3.03. The number of nitrogens with two attached hydrogens (primary N) is 1. The first-order chi connectivity index (χ1) is 5.66. The zero-order chi connectivity index (χ0) is 9.14. The van der Waals surface area contributed by atoms with Gasteiger partial charge in [0.15, 0.2) is 5.78 Å². The number of hydrogen-bond donors (Lipinski definition) is 2. The van der Waals surface area contributed by atoms with Crippen LogP contribution in [-0.2, 0) is 4.79 Å². The summed E-state index contributed by atoms with van der Waals surface area (Å²) in [4.78, 5) is 11.6. The van der Waals surface area contributed by atoms with Crippen molar-refractivity contribution < 1.29 is 4.79 Å². The van der Waals surface area contributed by atoms with Crippen LogP contribution in [-0.4, -0.2) is 18.5 Å². The van der Waals surface area contributed by atoms with E-state index in [9.17, 15) is 4.79 Å². The first-order valence-electron chi connectivity index (χ1n) is 4.64. The molecule has 0 aliphatic heterocycles. The summed E-state index contributed by atoms with van der Waals surface area (Å²) in [6, 6.07) is -0.0255. The standard InChI is InChI=1S/C9H18N2O/c1-6(2)8(11-5-10)9(12)7-3-4-7/h6-8,11H,3-5,10H2,1-2H3/t8-/m0/s1. The molecule has 0 aromatic rings. The van der Waals surface area contributed by atoms with E-state index in [2.05, 4.69) is 5.32 Å². The van der Waals surface area contributed by atoms with Crippen molar-refractivity contribution in [1.29, 1.82) is 0 Å². The number of rotatable bonds is 5. The van der Waals surface area contributed by atoms with Gasteiger partial charge in [0.1, 0.15) is 0 Å². The van der Waals surface area contributed by atoms with Gasteiger partial charge >= 0.3 is 0 Å². The van der Waals surface area contributed by atoms with Crippen LogP contribution in [0.5, 0.6) is 0 Å². The minimum atomic E-state index is -0.0255. The van der Waals surface area contributed by atoms with Gasteiger partial charge in [0.2, 0.25) is 0 Å². The van der Waals surface area contributed by atoms with Crippen LogP contribution in [0.2, 0.25) is 0 Å². The third kappa shape index (κ3) is 2.29.